The van der Waals surface area contributed by atoms with E-state index in [1.807, 2.05) is 0 Å². The molecule has 0 spiro atoms. The van der Waals surface area contributed by atoms with Crippen molar-refractivity contribution >= 4 is 41.3 Å². The maximum absolute atomic E-state index is 12.3. The van der Waals surface area contributed by atoms with E-state index >= 15 is 0 Å². The van der Waals surface area contributed by atoms with Crippen LogP contribution in [0.5, 0.6) is 5.75 Å². The van der Waals surface area contributed by atoms with Crippen LogP contribution >= 0.6 is 12.2 Å². The number of thiocarbonyl (C=S) groups is 1. The molecule has 1 aromatic rings. The number of ether oxygens (including phenoxy) is 2. The van der Waals surface area contributed by atoms with E-state index in [2.05, 4.69) is 10.1 Å². The van der Waals surface area contributed by atoms with Crippen LogP contribution in [0, 0.1) is 0 Å². The van der Waals surface area contributed by atoms with Crippen LogP contribution in [-0.2, 0) is 19.1 Å². The monoisotopic (exact) mass is 350 g/mol. The third-order valence-electron chi connectivity index (χ3n) is 3.05. The summed E-state index contributed by atoms with van der Waals surface area (Å²) in [6, 6.07) is 6.63. The first-order valence-electron chi connectivity index (χ1n) is 6.77. The molecule has 0 radical (unpaired) electrons. The minimum Gasteiger partial charge on any atom is -0.481 e. The quantitative estimate of drug-likeness (QED) is 0.431. The highest BCUT2D eigenvalue weighted by molar-refractivity contribution is 7.80. The van der Waals surface area contributed by atoms with Gasteiger partial charge in [-0.3, -0.25) is 14.5 Å². The fraction of sp³-hybridized carbons (Fsp3) is 0.200. The van der Waals surface area contributed by atoms with Crippen LogP contribution < -0.4 is 10.1 Å². The Balaban J connectivity index is 2.23. The van der Waals surface area contributed by atoms with Gasteiger partial charge in [-0.05, 0) is 24.4 Å². The van der Waals surface area contributed by atoms with Crippen molar-refractivity contribution in [3.05, 3.63) is 35.5 Å². The van der Waals surface area contributed by atoms with Crippen molar-refractivity contribution in [3.63, 3.8) is 0 Å². The summed E-state index contributed by atoms with van der Waals surface area (Å²) in [5, 5.41) is 11.5. The summed E-state index contributed by atoms with van der Waals surface area (Å²) in [5.74, 6) is -1.89. The molecule has 2 rings (SSSR count). The van der Waals surface area contributed by atoms with Gasteiger partial charge in [0.15, 0.2) is 11.7 Å². The number of nitrogens with one attached hydrogen (secondary N) is 1. The average Bonchev–Trinajstić information content (AvgIpc) is 2.81. The fourth-order valence-electron chi connectivity index (χ4n) is 1.94. The highest BCUT2D eigenvalue weighted by Gasteiger charge is 2.32. The van der Waals surface area contributed by atoms with Crippen LogP contribution in [0.3, 0.4) is 0 Å². The van der Waals surface area contributed by atoms with E-state index in [4.69, 9.17) is 22.1 Å². The van der Waals surface area contributed by atoms with Crippen molar-refractivity contribution in [2.45, 2.75) is 0 Å². The van der Waals surface area contributed by atoms with Gasteiger partial charge in [-0.2, -0.15) is 0 Å². The Kier molecular flexibility index (Phi) is 5.48. The van der Waals surface area contributed by atoms with Crippen molar-refractivity contribution in [1.82, 2.24) is 10.2 Å². The zero-order chi connectivity index (χ0) is 17.7. The van der Waals surface area contributed by atoms with Crippen molar-refractivity contribution in [2.24, 2.45) is 0 Å². The highest BCUT2D eigenvalue weighted by Crippen LogP contribution is 2.22. The maximum atomic E-state index is 12.3. The molecule has 1 aromatic carbocycles. The number of aliphatic carboxylic acids is 1. The predicted octanol–water partition coefficient (Wildman–Crippen LogP) is 0.381. The number of rotatable bonds is 6. The Morgan fingerprint density at radius 1 is 1.38 bits per heavy atom. The van der Waals surface area contributed by atoms with Crippen molar-refractivity contribution in [1.29, 1.82) is 0 Å². The summed E-state index contributed by atoms with van der Waals surface area (Å²) in [4.78, 5) is 35.3. The van der Waals surface area contributed by atoms with Crippen LogP contribution in [0.25, 0.3) is 6.08 Å². The molecule has 9 heteroatoms. The molecular weight excluding hydrogens is 336 g/mol. The number of hydrogen-bond donors (Lipinski definition) is 2. The van der Waals surface area contributed by atoms with E-state index in [1.54, 1.807) is 24.3 Å². The minimum atomic E-state index is -1.11. The molecule has 1 saturated heterocycles. The van der Waals surface area contributed by atoms with Crippen molar-refractivity contribution in [3.8, 4) is 5.75 Å². The van der Waals surface area contributed by atoms with E-state index in [9.17, 15) is 14.4 Å². The number of para-hydroxylation sites is 1. The van der Waals surface area contributed by atoms with Gasteiger partial charge in [0.1, 0.15) is 18.0 Å². The molecule has 1 aliphatic rings. The molecule has 1 fully saturated rings. The van der Waals surface area contributed by atoms with Crippen LogP contribution in [0.4, 0.5) is 0 Å². The summed E-state index contributed by atoms with van der Waals surface area (Å²) in [6.45, 7) is -0.801. The molecular formula is C15H14N2O6S. The van der Waals surface area contributed by atoms with E-state index in [0.29, 0.717) is 11.3 Å². The largest absolute Gasteiger partial charge is 0.481 e. The van der Waals surface area contributed by atoms with Crippen molar-refractivity contribution < 1.29 is 29.0 Å². The number of nitrogens with zero attached hydrogens (tertiary/aromatic N) is 1. The second-order valence-corrected chi connectivity index (χ2v) is 5.06. The van der Waals surface area contributed by atoms with Gasteiger partial charge in [-0.15, -0.1) is 0 Å². The molecule has 24 heavy (non-hydrogen) atoms. The summed E-state index contributed by atoms with van der Waals surface area (Å²) >= 11 is 5.03. The molecule has 2 N–H and O–H groups in total. The van der Waals surface area contributed by atoms with E-state index in [-0.39, 0.29) is 17.4 Å². The van der Waals surface area contributed by atoms with Gasteiger partial charge in [0.25, 0.3) is 5.91 Å². The number of amides is 1. The summed E-state index contributed by atoms with van der Waals surface area (Å²) < 4.78 is 9.70. The highest BCUT2D eigenvalue weighted by atomic mass is 32.1. The Morgan fingerprint density at radius 3 is 2.75 bits per heavy atom. The maximum Gasteiger partial charge on any atom is 0.341 e. The zero-order valence-corrected chi connectivity index (χ0v) is 13.5. The number of benzene rings is 1. The Hall–Kier alpha value is -2.94. The summed E-state index contributed by atoms with van der Waals surface area (Å²) in [7, 11) is 1.21. The molecule has 1 heterocycles. The van der Waals surface area contributed by atoms with Crippen LogP contribution in [0.2, 0.25) is 0 Å². The fourth-order valence-corrected chi connectivity index (χ4v) is 2.19. The molecule has 0 atom stereocenters. The molecule has 0 bridgehead atoms. The van der Waals surface area contributed by atoms with Crippen LogP contribution in [0.1, 0.15) is 5.56 Å². The van der Waals surface area contributed by atoms with E-state index in [1.165, 1.54) is 13.2 Å². The normalized spacial score (nSPS) is 15.4. The second kappa shape index (κ2) is 7.55. The number of methoxy groups -OCH3 is 1. The third kappa shape index (κ3) is 4.07. The lowest BCUT2D eigenvalue weighted by molar-refractivity contribution is -0.143. The summed E-state index contributed by atoms with van der Waals surface area (Å²) in [5.41, 5.74) is 0.646. The Bertz CT molecular complexity index is 730. The van der Waals surface area contributed by atoms with E-state index in [0.717, 1.165) is 4.90 Å². The van der Waals surface area contributed by atoms with Gasteiger partial charge in [0.2, 0.25) is 0 Å². The van der Waals surface area contributed by atoms with Gasteiger partial charge >= 0.3 is 11.9 Å². The molecule has 8 nitrogen and oxygen atoms in total. The number of carboxylic acid groups (broad SMARTS) is 1. The molecule has 1 aliphatic heterocycles. The smallest absolute Gasteiger partial charge is 0.341 e. The number of carbonyl (C=O) groups is 3. The molecule has 126 valence electrons. The van der Waals surface area contributed by atoms with Gasteiger partial charge in [0.05, 0.1) is 7.11 Å². The standard InChI is InChI=1S/C15H14N2O6S/c1-22-13(20)7-17-14(21)10(16-15(17)24)6-9-4-2-3-5-11(9)23-8-12(18)19/h2-6H,7-8H2,1H3,(H,16,24)(H,18,19)/b10-6-. The second-order valence-electron chi connectivity index (χ2n) is 4.68. The molecule has 0 saturated carbocycles. The lowest BCUT2D eigenvalue weighted by Gasteiger charge is -2.11. The van der Waals surface area contributed by atoms with Gasteiger partial charge in [0, 0.05) is 5.56 Å². The molecule has 0 aliphatic carbocycles. The van der Waals surface area contributed by atoms with Gasteiger partial charge in [-0.1, -0.05) is 18.2 Å². The number of esters is 1. The summed E-state index contributed by atoms with van der Waals surface area (Å²) in [6.07, 6.45) is 1.48. The topological polar surface area (TPSA) is 105 Å². The minimum absolute atomic E-state index is 0.0839. The average molecular weight is 350 g/mol. The molecule has 0 aromatic heterocycles. The van der Waals surface area contributed by atoms with E-state index < -0.39 is 24.5 Å². The van der Waals surface area contributed by atoms with Crippen LogP contribution in [0.15, 0.2) is 30.0 Å². The Morgan fingerprint density at radius 2 is 2.08 bits per heavy atom. The lowest BCUT2D eigenvalue weighted by Crippen LogP contribution is -2.35. The Labute approximate surface area is 142 Å². The van der Waals surface area contributed by atoms with Crippen molar-refractivity contribution in [2.75, 3.05) is 20.3 Å². The predicted molar refractivity (Wildman–Crippen MR) is 87.0 cm³/mol. The lowest BCUT2D eigenvalue weighted by atomic mass is 10.1. The molecule has 0 unspecified atom stereocenters. The third-order valence-corrected chi connectivity index (χ3v) is 3.37. The number of carbonyl (C=O) groups excluding carboxylic acids is 2. The number of hydrogen-bond acceptors (Lipinski definition) is 6. The first-order chi connectivity index (χ1) is 11.4. The first kappa shape index (κ1) is 17.4. The molecule has 1 amide bonds. The zero-order valence-electron chi connectivity index (χ0n) is 12.6. The van der Waals surface area contributed by atoms with Gasteiger partial charge in [-0.25, -0.2) is 4.79 Å². The SMILES string of the molecule is COC(=O)CN1C(=O)/C(=C/c2ccccc2OCC(=O)O)NC1=S. The van der Waals surface area contributed by atoms with Gasteiger partial charge < -0.3 is 19.9 Å². The first-order valence-corrected chi connectivity index (χ1v) is 7.18. The number of carboxylic acids is 1. The van der Waals surface area contributed by atoms with Crippen LogP contribution in [-0.4, -0.2) is 53.2 Å².